The molecule has 7 heteroatoms. The second kappa shape index (κ2) is 10.5. The van der Waals surface area contributed by atoms with Crippen LogP contribution in [0.4, 0.5) is 13.2 Å². The molecule has 3 nitrogen and oxygen atoms in total. The molecule has 0 saturated carbocycles. The Balaban J connectivity index is 0.000000321. The van der Waals surface area contributed by atoms with Crippen LogP contribution < -0.4 is 5.32 Å². The van der Waals surface area contributed by atoms with Gasteiger partial charge in [-0.1, -0.05) is 39.3 Å². The van der Waals surface area contributed by atoms with Gasteiger partial charge in [-0.3, -0.25) is 0 Å². The summed E-state index contributed by atoms with van der Waals surface area (Å²) < 4.78 is 42.6. The maximum absolute atomic E-state index is 12.7. The molecule has 0 bridgehead atoms. The number of methoxy groups -OCH3 is 1. The van der Waals surface area contributed by atoms with Crippen molar-refractivity contribution in [2.75, 3.05) is 20.2 Å². The number of benzene rings is 1. The molecule has 1 atom stereocenters. The van der Waals surface area contributed by atoms with E-state index >= 15 is 0 Å². The van der Waals surface area contributed by atoms with Gasteiger partial charge in [0.1, 0.15) is 4.88 Å². The highest BCUT2D eigenvalue weighted by atomic mass is 32.1. The van der Waals surface area contributed by atoms with Crippen LogP contribution >= 0.6 is 11.3 Å². The van der Waals surface area contributed by atoms with Gasteiger partial charge in [-0.2, -0.15) is 13.2 Å². The quantitative estimate of drug-likeness (QED) is 0.506. The lowest BCUT2D eigenvalue weighted by molar-refractivity contribution is -0.136. The monoisotopic (exact) mass is 389 g/mol. The number of carbonyl (C=O) groups is 1. The highest BCUT2D eigenvalue weighted by Gasteiger charge is 2.33. The van der Waals surface area contributed by atoms with E-state index in [-0.39, 0.29) is 9.58 Å². The van der Waals surface area contributed by atoms with E-state index in [9.17, 15) is 18.0 Å². The highest BCUT2D eigenvalue weighted by molar-refractivity contribution is 7.21. The first-order chi connectivity index (χ1) is 12.2. The molecule has 1 unspecified atom stereocenters. The van der Waals surface area contributed by atoms with Crippen LogP contribution in [0.2, 0.25) is 0 Å². The van der Waals surface area contributed by atoms with Gasteiger partial charge in [0, 0.05) is 4.70 Å². The standard InChI is InChI=1S/C11H7F3O2S.C8H19N/c1-16-10(15)8-5-6-3-2-4-7(9(6)17-8)11(12,13)14;1-4-8(3)6-7-9-5-2/h2-5H,1H3;8-9H,4-7H2,1-3H3. The van der Waals surface area contributed by atoms with Gasteiger partial charge in [-0.05, 0) is 42.9 Å². The van der Waals surface area contributed by atoms with Crippen molar-refractivity contribution in [1.29, 1.82) is 0 Å². The fourth-order valence-electron chi connectivity index (χ4n) is 2.22. The van der Waals surface area contributed by atoms with E-state index in [0.29, 0.717) is 5.39 Å². The summed E-state index contributed by atoms with van der Waals surface area (Å²) in [5, 5.41) is 3.71. The number of carbonyl (C=O) groups excluding carboxylic acids is 1. The van der Waals surface area contributed by atoms with Gasteiger partial charge in [-0.15, -0.1) is 11.3 Å². The lowest BCUT2D eigenvalue weighted by Crippen LogP contribution is -2.16. The van der Waals surface area contributed by atoms with Crippen LogP contribution in [0.3, 0.4) is 0 Å². The minimum absolute atomic E-state index is 0.0559. The van der Waals surface area contributed by atoms with Crippen molar-refractivity contribution in [1.82, 2.24) is 5.32 Å². The predicted octanol–water partition coefficient (Wildman–Crippen LogP) is 5.74. The molecular weight excluding hydrogens is 363 g/mol. The van der Waals surface area contributed by atoms with Gasteiger partial charge in [0.05, 0.1) is 12.7 Å². The third kappa shape index (κ3) is 6.61. The first-order valence-corrected chi connectivity index (χ1v) is 9.44. The van der Waals surface area contributed by atoms with E-state index in [2.05, 4.69) is 30.8 Å². The summed E-state index contributed by atoms with van der Waals surface area (Å²) in [7, 11) is 1.19. The van der Waals surface area contributed by atoms with Crippen molar-refractivity contribution in [2.45, 2.75) is 39.8 Å². The molecule has 0 spiro atoms. The Bertz CT molecular complexity index is 698. The minimum Gasteiger partial charge on any atom is -0.465 e. The molecule has 0 aliphatic heterocycles. The van der Waals surface area contributed by atoms with Crippen LogP contribution in [-0.4, -0.2) is 26.2 Å². The smallest absolute Gasteiger partial charge is 0.417 e. The zero-order chi connectivity index (χ0) is 19.7. The summed E-state index contributed by atoms with van der Waals surface area (Å²) in [6.45, 7) is 8.99. The van der Waals surface area contributed by atoms with Gasteiger partial charge >= 0.3 is 12.1 Å². The number of halogens is 3. The zero-order valence-electron chi connectivity index (χ0n) is 15.6. The summed E-state index contributed by atoms with van der Waals surface area (Å²) in [5.41, 5.74) is -0.727. The Kier molecular flexibility index (Phi) is 9.08. The number of ether oxygens (including phenoxy) is 1. The number of hydrogen-bond donors (Lipinski definition) is 1. The summed E-state index contributed by atoms with van der Waals surface area (Å²) in [6.07, 6.45) is -1.78. The van der Waals surface area contributed by atoms with Crippen molar-refractivity contribution < 1.29 is 22.7 Å². The summed E-state index contributed by atoms with van der Waals surface area (Å²) >= 11 is 0.789. The van der Waals surface area contributed by atoms with Crippen LogP contribution in [-0.2, 0) is 10.9 Å². The Morgan fingerprint density at radius 3 is 2.54 bits per heavy atom. The maximum Gasteiger partial charge on any atom is 0.417 e. The minimum atomic E-state index is -4.42. The molecule has 26 heavy (non-hydrogen) atoms. The molecule has 1 heterocycles. The Morgan fingerprint density at radius 2 is 2.00 bits per heavy atom. The van der Waals surface area contributed by atoms with Crippen LogP contribution in [0, 0.1) is 5.92 Å². The van der Waals surface area contributed by atoms with Crippen LogP contribution in [0.25, 0.3) is 10.1 Å². The maximum atomic E-state index is 12.7. The molecule has 0 aliphatic carbocycles. The van der Waals surface area contributed by atoms with Gasteiger partial charge in [0.15, 0.2) is 0 Å². The van der Waals surface area contributed by atoms with Crippen LogP contribution in [0.1, 0.15) is 48.8 Å². The summed E-state index contributed by atoms with van der Waals surface area (Å²) in [5.74, 6) is 0.267. The van der Waals surface area contributed by atoms with Crippen molar-refractivity contribution in [3.8, 4) is 0 Å². The molecule has 2 aromatic rings. The van der Waals surface area contributed by atoms with Gasteiger partial charge in [-0.25, -0.2) is 4.79 Å². The van der Waals surface area contributed by atoms with E-state index in [4.69, 9.17) is 0 Å². The number of nitrogens with one attached hydrogen (secondary N) is 1. The Labute approximate surface area is 156 Å². The van der Waals surface area contributed by atoms with E-state index in [1.54, 1.807) is 0 Å². The molecule has 1 aromatic carbocycles. The van der Waals surface area contributed by atoms with Gasteiger partial charge in [0.25, 0.3) is 0 Å². The normalized spacial score (nSPS) is 12.4. The number of rotatable bonds is 6. The van der Waals surface area contributed by atoms with Crippen molar-refractivity contribution >= 4 is 27.4 Å². The Morgan fingerprint density at radius 1 is 1.31 bits per heavy atom. The van der Waals surface area contributed by atoms with Crippen molar-refractivity contribution in [3.63, 3.8) is 0 Å². The molecule has 0 radical (unpaired) electrons. The molecule has 2 rings (SSSR count). The first kappa shape index (κ1) is 22.4. The predicted molar refractivity (Wildman–Crippen MR) is 101 cm³/mol. The largest absolute Gasteiger partial charge is 0.465 e. The second-order valence-electron chi connectivity index (χ2n) is 5.98. The topological polar surface area (TPSA) is 38.3 Å². The molecular formula is C19H26F3NO2S. The fraction of sp³-hybridized carbons (Fsp3) is 0.526. The molecule has 1 aromatic heterocycles. The summed E-state index contributed by atoms with van der Waals surface area (Å²) in [4.78, 5) is 11.4. The first-order valence-electron chi connectivity index (χ1n) is 8.63. The van der Waals surface area contributed by atoms with Crippen molar-refractivity contribution in [2.24, 2.45) is 5.92 Å². The second-order valence-corrected chi connectivity index (χ2v) is 7.03. The van der Waals surface area contributed by atoms with E-state index in [0.717, 1.165) is 29.9 Å². The number of esters is 1. The average Bonchev–Trinajstić information content (AvgIpc) is 3.04. The fourth-order valence-corrected chi connectivity index (χ4v) is 3.33. The summed E-state index contributed by atoms with van der Waals surface area (Å²) in [6, 6.07) is 5.26. The van der Waals surface area contributed by atoms with E-state index < -0.39 is 17.7 Å². The molecule has 1 N–H and O–H groups in total. The van der Waals surface area contributed by atoms with Crippen molar-refractivity contribution in [3.05, 3.63) is 34.7 Å². The number of alkyl halides is 3. The number of thiophene rings is 1. The van der Waals surface area contributed by atoms with E-state index in [1.165, 1.54) is 44.7 Å². The van der Waals surface area contributed by atoms with Crippen LogP contribution in [0.5, 0.6) is 0 Å². The molecule has 146 valence electrons. The lowest BCUT2D eigenvalue weighted by atomic mass is 10.1. The highest BCUT2D eigenvalue weighted by Crippen LogP contribution is 2.38. The number of fused-ring (bicyclic) bond motifs is 1. The Hall–Kier alpha value is -1.60. The van der Waals surface area contributed by atoms with Gasteiger partial charge in [0.2, 0.25) is 0 Å². The molecule has 0 amide bonds. The van der Waals surface area contributed by atoms with Crippen LogP contribution in [0.15, 0.2) is 24.3 Å². The molecule has 0 fully saturated rings. The third-order valence-corrected chi connectivity index (χ3v) is 5.16. The third-order valence-electron chi connectivity index (χ3n) is 4.00. The average molecular weight is 389 g/mol. The molecule has 0 aliphatic rings. The SMILES string of the molecule is CCNCCC(C)CC.COC(=O)c1cc2cccc(C(F)(F)F)c2s1. The van der Waals surface area contributed by atoms with E-state index in [1.807, 2.05) is 0 Å². The number of hydrogen-bond acceptors (Lipinski definition) is 4. The lowest BCUT2D eigenvalue weighted by Gasteiger charge is -2.06. The molecule has 0 saturated heterocycles. The van der Waals surface area contributed by atoms with Gasteiger partial charge < -0.3 is 10.1 Å². The zero-order valence-corrected chi connectivity index (χ0v) is 16.4.